The van der Waals surface area contributed by atoms with Crippen molar-refractivity contribution in [2.75, 3.05) is 27.3 Å². The largest absolute Gasteiger partial charge is 0.497 e. The van der Waals surface area contributed by atoms with Crippen LogP contribution >= 0.6 is 34.5 Å². The lowest BCUT2D eigenvalue weighted by Gasteiger charge is -2.30. The van der Waals surface area contributed by atoms with Crippen molar-refractivity contribution in [2.45, 2.75) is 33.4 Å². The Bertz CT molecular complexity index is 1960. The van der Waals surface area contributed by atoms with Gasteiger partial charge in [0, 0.05) is 24.2 Å². The molecule has 45 heavy (non-hydrogen) atoms. The summed E-state index contributed by atoms with van der Waals surface area (Å²) >= 11 is 13.5. The van der Waals surface area contributed by atoms with Crippen LogP contribution in [0.3, 0.4) is 0 Å². The van der Waals surface area contributed by atoms with E-state index in [0.29, 0.717) is 72.1 Å². The molecule has 0 unspecified atom stereocenters. The smallest absolute Gasteiger partial charge is 0.271 e. The van der Waals surface area contributed by atoms with E-state index in [4.69, 9.17) is 42.4 Å². The van der Waals surface area contributed by atoms with E-state index in [1.165, 1.54) is 11.3 Å². The Morgan fingerprint density at radius 2 is 1.76 bits per heavy atom. The topological polar surface area (TPSA) is 82.4 Å². The number of thiazole rings is 1. The fraction of sp³-hybridized carbons (Fsp3) is 0.265. The molecule has 1 aliphatic rings. The van der Waals surface area contributed by atoms with Gasteiger partial charge < -0.3 is 19.1 Å². The van der Waals surface area contributed by atoms with Crippen molar-refractivity contribution in [1.29, 1.82) is 0 Å². The maximum absolute atomic E-state index is 14.3. The monoisotopic (exact) mass is 665 g/mol. The van der Waals surface area contributed by atoms with E-state index in [9.17, 15) is 9.59 Å². The van der Waals surface area contributed by atoms with Crippen LogP contribution in [0.5, 0.6) is 17.2 Å². The summed E-state index contributed by atoms with van der Waals surface area (Å²) in [6.45, 7) is 6.94. The highest BCUT2D eigenvalue weighted by atomic mass is 35.5. The van der Waals surface area contributed by atoms with Crippen molar-refractivity contribution in [3.8, 4) is 17.2 Å². The van der Waals surface area contributed by atoms with Crippen LogP contribution in [0, 0.1) is 0 Å². The number of carbonyl (C=O) groups excluding carboxylic acids is 1. The molecule has 4 aromatic rings. The van der Waals surface area contributed by atoms with Crippen molar-refractivity contribution in [3.63, 3.8) is 0 Å². The number of allylic oxidation sites excluding steroid dienone is 1. The van der Waals surface area contributed by atoms with Crippen molar-refractivity contribution >= 4 is 46.5 Å². The lowest BCUT2D eigenvalue weighted by atomic mass is 9.93. The van der Waals surface area contributed by atoms with Crippen LogP contribution in [0.25, 0.3) is 6.08 Å². The number of hydrogen-bond donors (Lipinski definition) is 0. The molecule has 5 rings (SSSR count). The number of hydrogen-bond acceptors (Lipinski definition) is 7. The molecule has 1 aromatic heterocycles. The molecule has 1 aliphatic heterocycles. The molecule has 3 aromatic carbocycles. The first-order valence-corrected chi connectivity index (χ1v) is 16.0. The van der Waals surface area contributed by atoms with Gasteiger partial charge in [0.2, 0.25) is 0 Å². The van der Waals surface area contributed by atoms with Gasteiger partial charge >= 0.3 is 0 Å². The second kappa shape index (κ2) is 13.9. The van der Waals surface area contributed by atoms with Crippen LogP contribution in [0.2, 0.25) is 10.0 Å². The van der Waals surface area contributed by atoms with Gasteiger partial charge in [-0.05, 0) is 68.8 Å². The number of aromatic nitrogens is 1. The van der Waals surface area contributed by atoms with Crippen molar-refractivity contribution in [3.05, 3.63) is 118 Å². The molecule has 1 amide bonds. The molecule has 0 bridgehead atoms. The second-order valence-corrected chi connectivity index (χ2v) is 12.1. The molecule has 234 valence electrons. The van der Waals surface area contributed by atoms with E-state index in [2.05, 4.69) is 0 Å². The molecule has 0 spiro atoms. The Kier molecular flexibility index (Phi) is 10.0. The molecule has 2 heterocycles. The molecule has 8 nitrogen and oxygen atoms in total. The van der Waals surface area contributed by atoms with Gasteiger partial charge in [0.05, 0.1) is 40.1 Å². The van der Waals surface area contributed by atoms with Gasteiger partial charge in [-0.15, -0.1) is 0 Å². The SMILES string of the molecule is CCN(CC)C(=O)C1=C(C)N=c2s/c(=C/c3ccccc3OCc3ccc(Cl)c(Cl)c3)c(=O)n2[C@@H]1c1cc(OC)ccc1OC. The van der Waals surface area contributed by atoms with Gasteiger partial charge in [-0.2, -0.15) is 0 Å². The van der Waals surface area contributed by atoms with Crippen LogP contribution in [0.15, 0.2) is 81.7 Å². The predicted molar refractivity (Wildman–Crippen MR) is 178 cm³/mol. The van der Waals surface area contributed by atoms with Crippen LogP contribution in [-0.4, -0.2) is 42.7 Å². The molecule has 0 N–H and O–H groups in total. The molecule has 0 aliphatic carbocycles. The number of halogens is 2. The van der Waals surface area contributed by atoms with Crippen molar-refractivity contribution in [2.24, 2.45) is 4.99 Å². The number of fused-ring (bicyclic) bond motifs is 1. The number of ether oxygens (including phenoxy) is 3. The highest BCUT2D eigenvalue weighted by Gasteiger charge is 2.36. The molecule has 11 heteroatoms. The lowest BCUT2D eigenvalue weighted by Crippen LogP contribution is -2.43. The number of amides is 1. The zero-order valence-corrected chi connectivity index (χ0v) is 27.9. The van der Waals surface area contributed by atoms with E-state index < -0.39 is 6.04 Å². The summed E-state index contributed by atoms with van der Waals surface area (Å²) < 4.78 is 19.4. The average Bonchev–Trinajstić information content (AvgIpc) is 3.35. The molecule has 0 radical (unpaired) electrons. The Hall–Kier alpha value is -4.05. The third-order valence-electron chi connectivity index (χ3n) is 7.62. The van der Waals surface area contributed by atoms with Gasteiger partial charge in [-0.1, -0.05) is 58.8 Å². The quantitative estimate of drug-likeness (QED) is 0.207. The maximum Gasteiger partial charge on any atom is 0.271 e. The zero-order chi connectivity index (χ0) is 32.2. The highest BCUT2D eigenvalue weighted by molar-refractivity contribution is 7.07. The minimum Gasteiger partial charge on any atom is -0.497 e. The lowest BCUT2D eigenvalue weighted by molar-refractivity contribution is -0.127. The van der Waals surface area contributed by atoms with E-state index in [-0.39, 0.29) is 18.1 Å². The average molecular weight is 667 g/mol. The fourth-order valence-corrected chi connectivity index (χ4v) is 6.64. The fourth-order valence-electron chi connectivity index (χ4n) is 5.29. The minimum atomic E-state index is -0.789. The van der Waals surface area contributed by atoms with Gasteiger partial charge in [0.15, 0.2) is 4.80 Å². The van der Waals surface area contributed by atoms with Crippen LogP contribution in [0.4, 0.5) is 0 Å². The first kappa shape index (κ1) is 32.3. The van der Waals surface area contributed by atoms with Gasteiger partial charge in [-0.25, -0.2) is 4.99 Å². The van der Waals surface area contributed by atoms with E-state index in [0.717, 1.165) is 5.56 Å². The Labute approximate surface area is 275 Å². The number of methoxy groups -OCH3 is 2. The first-order chi connectivity index (χ1) is 21.7. The van der Waals surface area contributed by atoms with Crippen LogP contribution in [0.1, 0.15) is 43.5 Å². The molecule has 0 saturated carbocycles. The van der Waals surface area contributed by atoms with E-state index >= 15 is 0 Å². The number of carbonyl (C=O) groups is 1. The first-order valence-electron chi connectivity index (χ1n) is 14.4. The number of para-hydroxylation sites is 1. The summed E-state index contributed by atoms with van der Waals surface area (Å²) in [5.41, 5.74) is 2.86. The summed E-state index contributed by atoms with van der Waals surface area (Å²) in [6, 6.07) is 17.4. The molecular weight excluding hydrogens is 633 g/mol. The van der Waals surface area contributed by atoms with Gasteiger partial charge in [-0.3, -0.25) is 14.2 Å². The number of likely N-dealkylation sites (N-methyl/N-ethyl adjacent to an activating group) is 1. The zero-order valence-electron chi connectivity index (χ0n) is 25.6. The molecule has 0 saturated heterocycles. The predicted octanol–water partition coefficient (Wildman–Crippen LogP) is 6.01. The summed E-state index contributed by atoms with van der Waals surface area (Å²) in [5.74, 6) is 1.50. The highest BCUT2D eigenvalue weighted by Crippen LogP contribution is 2.38. The van der Waals surface area contributed by atoms with Crippen LogP contribution in [-0.2, 0) is 11.4 Å². The van der Waals surface area contributed by atoms with Gasteiger partial charge in [0.1, 0.15) is 29.9 Å². The number of benzene rings is 3. The maximum atomic E-state index is 14.3. The molecule has 1 atom stereocenters. The summed E-state index contributed by atoms with van der Waals surface area (Å²) in [6.07, 6.45) is 1.79. The standard InChI is InChI=1S/C34H33Cl2N3O5S/c1-6-38(7-2)33(41)30-20(3)37-34-39(31(30)24-18-23(42-4)13-15-28(24)43-5)32(40)29(45-34)17-22-10-8-9-11-27(22)44-19-21-12-14-25(35)26(36)16-21/h8-18,31H,6-7,19H2,1-5H3/b29-17+/t31-/m1/s1. The summed E-state index contributed by atoms with van der Waals surface area (Å²) in [7, 11) is 3.13. The Balaban J connectivity index is 1.65. The van der Waals surface area contributed by atoms with Gasteiger partial charge in [0.25, 0.3) is 11.5 Å². The Morgan fingerprint density at radius 1 is 1.00 bits per heavy atom. The van der Waals surface area contributed by atoms with Crippen LogP contribution < -0.4 is 29.1 Å². The molecular formula is C34H33Cl2N3O5S. The molecule has 0 fully saturated rings. The second-order valence-electron chi connectivity index (χ2n) is 10.2. The van der Waals surface area contributed by atoms with Crippen molar-refractivity contribution in [1.82, 2.24) is 9.47 Å². The van der Waals surface area contributed by atoms with E-state index in [1.54, 1.807) is 67.0 Å². The van der Waals surface area contributed by atoms with E-state index in [1.807, 2.05) is 44.2 Å². The normalized spacial score (nSPS) is 14.6. The summed E-state index contributed by atoms with van der Waals surface area (Å²) in [5, 5.41) is 0.918. The minimum absolute atomic E-state index is 0.188. The summed E-state index contributed by atoms with van der Waals surface area (Å²) in [4.78, 5) is 35.3. The number of nitrogens with zero attached hydrogens (tertiary/aromatic N) is 3. The third-order valence-corrected chi connectivity index (χ3v) is 9.34. The van der Waals surface area contributed by atoms with Crippen molar-refractivity contribution < 1.29 is 19.0 Å². The number of rotatable bonds is 10. The Morgan fingerprint density at radius 3 is 2.44 bits per heavy atom. The third kappa shape index (κ3) is 6.52.